The first kappa shape index (κ1) is 19.0. The average molecular weight is 403 g/mol. The summed E-state index contributed by atoms with van der Waals surface area (Å²) in [6.07, 6.45) is -4.22. The van der Waals surface area contributed by atoms with Crippen LogP contribution in [0.5, 0.6) is 0 Å². The Kier molecular flexibility index (Phi) is 4.50. The molecule has 11 heteroatoms. The van der Waals surface area contributed by atoms with Crippen LogP contribution in [0.25, 0.3) is 17.1 Å². The molecule has 0 aliphatic carbocycles. The number of benzene rings is 2. The lowest BCUT2D eigenvalue weighted by Gasteiger charge is -2.11. The SMILES string of the molecule is CS(=O)(=O)c1c(F)cccc1-n1nc(C(F)(F)F)nc1-c1ccc(F)cc1. The van der Waals surface area contributed by atoms with Gasteiger partial charge < -0.3 is 0 Å². The lowest BCUT2D eigenvalue weighted by atomic mass is 10.2. The summed E-state index contributed by atoms with van der Waals surface area (Å²) in [5.74, 6) is -3.75. The fraction of sp³-hybridized carbons (Fsp3) is 0.125. The number of sulfone groups is 1. The Balaban J connectivity index is 2.36. The Hall–Kier alpha value is -2.82. The summed E-state index contributed by atoms with van der Waals surface area (Å²) < 4.78 is 91.1. The number of rotatable bonds is 3. The summed E-state index contributed by atoms with van der Waals surface area (Å²) in [6.45, 7) is 0. The molecular formula is C16H10F5N3O2S. The third-order valence-electron chi connectivity index (χ3n) is 3.51. The Morgan fingerprint density at radius 1 is 1.00 bits per heavy atom. The fourth-order valence-corrected chi connectivity index (χ4v) is 3.37. The van der Waals surface area contributed by atoms with Gasteiger partial charge in [-0.05, 0) is 36.4 Å². The van der Waals surface area contributed by atoms with Gasteiger partial charge in [0.05, 0.1) is 5.69 Å². The zero-order chi connectivity index (χ0) is 20.0. The zero-order valence-corrected chi connectivity index (χ0v) is 14.3. The molecule has 2 aromatic carbocycles. The third kappa shape index (κ3) is 3.68. The summed E-state index contributed by atoms with van der Waals surface area (Å²) >= 11 is 0. The van der Waals surface area contributed by atoms with Crippen molar-refractivity contribution in [1.29, 1.82) is 0 Å². The Bertz CT molecular complexity index is 1110. The lowest BCUT2D eigenvalue weighted by molar-refractivity contribution is -0.144. The van der Waals surface area contributed by atoms with Crippen LogP contribution in [0.1, 0.15) is 5.82 Å². The molecule has 0 spiro atoms. The van der Waals surface area contributed by atoms with Gasteiger partial charge in [0.25, 0.3) is 5.82 Å². The van der Waals surface area contributed by atoms with Gasteiger partial charge >= 0.3 is 6.18 Å². The van der Waals surface area contributed by atoms with E-state index in [0.717, 1.165) is 42.5 Å². The Labute approximate surface area is 150 Å². The minimum Gasteiger partial charge on any atom is -0.224 e. The van der Waals surface area contributed by atoms with Crippen LogP contribution >= 0.6 is 0 Å². The molecule has 0 aliphatic rings. The van der Waals surface area contributed by atoms with Gasteiger partial charge in [0, 0.05) is 11.8 Å². The first-order chi connectivity index (χ1) is 12.5. The van der Waals surface area contributed by atoms with Crippen LogP contribution in [0.3, 0.4) is 0 Å². The zero-order valence-electron chi connectivity index (χ0n) is 13.5. The summed E-state index contributed by atoms with van der Waals surface area (Å²) in [5.41, 5.74) is -0.414. The molecule has 0 saturated heterocycles. The van der Waals surface area contributed by atoms with Crippen molar-refractivity contribution in [3.8, 4) is 17.1 Å². The van der Waals surface area contributed by atoms with E-state index in [1.54, 1.807) is 0 Å². The molecule has 5 nitrogen and oxygen atoms in total. The number of hydrogen-bond acceptors (Lipinski definition) is 4. The molecular weight excluding hydrogens is 393 g/mol. The molecule has 3 rings (SSSR count). The molecule has 1 heterocycles. The number of hydrogen-bond donors (Lipinski definition) is 0. The molecule has 27 heavy (non-hydrogen) atoms. The van der Waals surface area contributed by atoms with Gasteiger partial charge in [0.2, 0.25) is 0 Å². The maximum absolute atomic E-state index is 14.1. The third-order valence-corrected chi connectivity index (χ3v) is 4.65. The molecule has 0 amide bonds. The fourth-order valence-electron chi connectivity index (χ4n) is 2.42. The van der Waals surface area contributed by atoms with Crippen molar-refractivity contribution in [3.05, 3.63) is 59.9 Å². The topological polar surface area (TPSA) is 64.8 Å². The highest BCUT2D eigenvalue weighted by Gasteiger charge is 2.38. The maximum atomic E-state index is 14.1. The van der Waals surface area contributed by atoms with Gasteiger partial charge in [-0.15, -0.1) is 5.10 Å². The minimum atomic E-state index is -4.93. The van der Waals surface area contributed by atoms with Crippen LogP contribution in [0.4, 0.5) is 22.0 Å². The van der Waals surface area contributed by atoms with E-state index in [0.29, 0.717) is 10.9 Å². The second-order valence-corrected chi connectivity index (χ2v) is 7.49. The monoisotopic (exact) mass is 403 g/mol. The van der Waals surface area contributed by atoms with Crippen molar-refractivity contribution < 1.29 is 30.4 Å². The van der Waals surface area contributed by atoms with E-state index in [9.17, 15) is 30.4 Å². The predicted molar refractivity (Wildman–Crippen MR) is 84.8 cm³/mol. The van der Waals surface area contributed by atoms with E-state index in [-0.39, 0.29) is 5.56 Å². The summed E-state index contributed by atoms with van der Waals surface area (Å²) in [5, 5.41) is 3.32. The number of aromatic nitrogens is 3. The predicted octanol–water partition coefficient (Wildman–Crippen LogP) is 3.63. The van der Waals surface area contributed by atoms with E-state index in [1.165, 1.54) is 0 Å². The standard InChI is InChI=1S/C16H10F5N3O2S/c1-27(25,26)13-11(18)3-2-4-12(13)24-14(9-5-7-10(17)8-6-9)22-15(23-24)16(19,20)21/h2-8H,1H3. The van der Waals surface area contributed by atoms with Crippen LogP contribution in [0.15, 0.2) is 47.4 Å². The number of alkyl halides is 3. The van der Waals surface area contributed by atoms with E-state index < -0.39 is 49.9 Å². The van der Waals surface area contributed by atoms with Gasteiger partial charge in [0.1, 0.15) is 16.5 Å². The second-order valence-electron chi connectivity index (χ2n) is 5.54. The Morgan fingerprint density at radius 2 is 1.63 bits per heavy atom. The van der Waals surface area contributed by atoms with Crippen molar-refractivity contribution in [2.24, 2.45) is 0 Å². The minimum absolute atomic E-state index is 0.0307. The molecule has 142 valence electrons. The van der Waals surface area contributed by atoms with Crippen molar-refractivity contribution in [2.75, 3.05) is 6.26 Å². The summed E-state index contributed by atoms with van der Waals surface area (Å²) in [6, 6.07) is 7.36. The van der Waals surface area contributed by atoms with E-state index in [4.69, 9.17) is 0 Å². The van der Waals surface area contributed by atoms with Crippen LogP contribution in [0, 0.1) is 11.6 Å². The summed E-state index contributed by atoms with van der Waals surface area (Å²) in [4.78, 5) is 2.57. The molecule has 0 aliphatic heterocycles. The molecule has 0 radical (unpaired) electrons. The van der Waals surface area contributed by atoms with Crippen LogP contribution in [-0.4, -0.2) is 29.4 Å². The van der Waals surface area contributed by atoms with Crippen LogP contribution in [0.2, 0.25) is 0 Å². The molecule has 0 fully saturated rings. The highest BCUT2D eigenvalue weighted by Crippen LogP contribution is 2.32. The molecule has 0 saturated carbocycles. The van der Waals surface area contributed by atoms with Crippen molar-refractivity contribution in [3.63, 3.8) is 0 Å². The van der Waals surface area contributed by atoms with Crippen molar-refractivity contribution in [1.82, 2.24) is 14.8 Å². The van der Waals surface area contributed by atoms with Crippen molar-refractivity contribution >= 4 is 9.84 Å². The van der Waals surface area contributed by atoms with E-state index in [1.807, 2.05) is 0 Å². The number of halogens is 5. The average Bonchev–Trinajstić information content (AvgIpc) is 2.99. The molecule has 0 atom stereocenters. The Morgan fingerprint density at radius 3 is 2.19 bits per heavy atom. The van der Waals surface area contributed by atoms with Gasteiger partial charge in [-0.1, -0.05) is 6.07 Å². The molecule has 1 aromatic heterocycles. The molecule has 0 unspecified atom stereocenters. The highest BCUT2D eigenvalue weighted by atomic mass is 32.2. The summed E-state index contributed by atoms with van der Waals surface area (Å²) in [7, 11) is -4.15. The van der Waals surface area contributed by atoms with Gasteiger partial charge in [-0.2, -0.15) is 13.2 Å². The molecule has 0 bridgehead atoms. The van der Waals surface area contributed by atoms with E-state index >= 15 is 0 Å². The van der Waals surface area contributed by atoms with Gasteiger partial charge in [-0.25, -0.2) is 26.9 Å². The van der Waals surface area contributed by atoms with Crippen LogP contribution < -0.4 is 0 Å². The number of nitrogens with zero attached hydrogens (tertiary/aromatic N) is 3. The van der Waals surface area contributed by atoms with Crippen molar-refractivity contribution in [2.45, 2.75) is 11.1 Å². The second kappa shape index (κ2) is 6.41. The molecule has 0 N–H and O–H groups in total. The highest BCUT2D eigenvalue weighted by molar-refractivity contribution is 7.90. The largest absolute Gasteiger partial charge is 0.453 e. The van der Waals surface area contributed by atoms with E-state index in [2.05, 4.69) is 10.1 Å². The van der Waals surface area contributed by atoms with Gasteiger partial charge in [-0.3, -0.25) is 0 Å². The lowest BCUT2D eigenvalue weighted by Crippen LogP contribution is -2.11. The first-order valence-electron chi connectivity index (χ1n) is 7.27. The smallest absolute Gasteiger partial charge is 0.224 e. The quantitative estimate of drug-likeness (QED) is 0.627. The molecule has 3 aromatic rings. The maximum Gasteiger partial charge on any atom is 0.453 e. The van der Waals surface area contributed by atoms with Gasteiger partial charge in [0.15, 0.2) is 15.7 Å². The normalized spacial score (nSPS) is 12.4. The van der Waals surface area contributed by atoms with Crippen LogP contribution in [-0.2, 0) is 16.0 Å². The first-order valence-corrected chi connectivity index (χ1v) is 9.17.